The quantitative estimate of drug-likeness (QED) is 0.554. The topological polar surface area (TPSA) is 76.4 Å². The van der Waals surface area contributed by atoms with E-state index in [2.05, 4.69) is 5.32 Å². The molecule has 140 valence electrons. The van der Waals surface area contributed by atoms with Gasteiger partial charge in [-0.3, -0.25) is 14.4 Å². The Hall–Kier alpha value is -3.99. The Morgan fingerprint density at radius 3 is 2.21 bits per heavy atom. The van der Waals surface area contributed by atoms with E-state index in [-0.39, 0.29) is 22.8 Å². The summed E-state index contributed by atoms with van der Waals surface area (Å²) in [5.41, 5.74) is 2.81. The average molecular weight is 381 g/mol. The Labute approximate surface area is 165 Å². The van der Waals surface area contributed by atoms with Crippen LogP contribution in [0, 0.1) is 0 Å². The first-order chi connectivity index (χ1) is 14.0. The number of furan rings is 1. The van der Waals surface area contributed by atoms with Gasteiger partial charge in [0.05, 0.1) is 5.57 Å². The van der Waals surface area contributed by atoms with Gasteiger partial charge in [-0.05, 0) is 23.8 Å². The number of allylic oxidation sites excluding steroid dienone is 2. The minimum atomic E-state index is -0.409. The molecule has 0 bridgehead atoms. The summed E-state index contributed by atoms with van der Waals surface area (Å²) < 4.78 is 5.85. The maximum Gasteiger partial charge on any atom is 0.221 e. The number of Topliss-reactive ketones (excluding diaryl/α,β-unsaturated/α-hetero) is 2. The van der Waals surface area contributed by atoms with E-state index in [0.29, 0.717) is 22.3 Å². The van der Waals surface area contributed by atoms with Crippen LogP contribution in [0.1, 0.15) is 33.2 Å². The van der Waals surface area contributed by atoms with Crippen LogP contribution in [0.15, 0.2) is 76.8 Å². The van der Waals surface area contributed by atoms with Crippen LogP contribution in [0.3, 0.4) is 0 Å². The first-order valence-corrected chi connectivity index (χ1v) is 9.16. The monoisotopic (exact) mass is 381 g/mol. The number of hydrogen-bond acceptors (Lipinski definition) is 4. The third kappa shape index (κ3) is 2.59. The third-order valence-corrected chi connectivity index (χ3v) is 5.09. The highest BCUT2D eigenvalue weighted by molar-refractivity contribution is 6.41. The predicted octanol–water partition coefficient (Wildman–Crippen LogP) is 4.51. The fourth-order valence-corrected chi connectivity index (χ4v) is 3.83. The Morgan fingerprint density at radius 2 is 1.45 bits per heavy atom. The Bertz CT molecular complexity index is 1390. The molecule has 5 rings (SSSR count). The lowest BCUT2D eigenvalue weighted by Crippen LogP contribution is -2.32. The number of carbonyl (C=O) groups excluding carboxylic acids is 3. The zero-order valence-electron chi connectivity index (χ0n) is 15.5. The van der Waals surface area contributed by atoms with Crippen LogP contribution in [0.4, 0.5) is 0 Å². The summed E-state index contributed by atoms with van der Waals surface area (Å²) in [6.45, 7) is 1.32. The van der Waals surface area contributed by atoms with Crippen LogP contribution in [0.2, 0.25) is 0 Å². The fraction of sp³-hybridized carbons (Fsp3) is 0.0417. The summed E-state index contributed by atoms with van der Waals surface area (Å²) in [6, 6.07) is 19.6. The number of hydrogen-bond donors (Lipinski definition) is 1. The van der Waals surface area contributed by atoms with Crippen LogP contribution < -0.4 is 5.32 Å². The number of rotatable bonds is 2. The molecule has 0 unspecified atom stereocenters. The molecule has 1 aromatic heterocycles. The van der Waals surface area contributed by atoms with Crippen LogP contribution in [-0.4, -0.2) is 17.5 Å². The molecule has 0 aliphatic heterocycles. The van der Waals surface area contributed by atoms with Gasteiger partial charge in [0.15, 0.2) is 5.78 Å². The van der Waals surface area contributed by atoms with Gasteiger partial charge in [0.25, 0.3) is 0 Å². The van der Waals surface area contributed by atoms with Crippen molar-refractivity contribution < 1.29 is 18.8 Å². The molecule has 0 atom stereocenters. The van der Waals surface area contributed by atoms with Crippen LogP contribution >= 0.6 is 0 Å². The molecule has 3 aromatic carbocycles. The van der Waals surface area contributed by atoms with Crippen molar-refractivity contribution in [1.82, 2.24) is 5.32 Å². The minimum absolute atomic E-state index is 0.00773. The second-order valence-corrected chi connectivity index (χ2v) is 6.94. The highest BCUT2D eigenvalue weighted by atomic mass is 16.3. The molecule has 0 radical (unpaired) electrons. The number of benzene rings is 3. The summed E-state index contributed by atoms with van der Waals surface area (Å²) in [5, 5.41) is 4.33. The molecule has 1 aliphatic carbocycles. The van der Waals surface area contributed by atoms with Gasteiger partial charge >= 0.3 is 0 Å². The van der Waals surface area contributed by atoms with Gasteiger partial charge in [-0.1, -0.05) is 48.5 Å². The van der Waals surface area contributed by atoms with Crippen molar-refractivity contribution in [2.24, 2.45) is 0 Å². The van der Waals surface area contributed by atoms with Crippen molar-refractivity contribution in [3.8, 4) is 0 Å². The molecular weight excluding hydrogens is 366 g/mol. The lowest BCUT2D eigenvalue weighted by atomic mass is 9.83. The smallest absolute Gasteiger partial charge is 0.221 e. The predicted molar refractivity (Wildman–Crippen MR) is 110 cm³/mol. The molecule has 4 aromatic rings. The van der Waals surface area contributed by atoms with Crippen molar-refractivity contribution >= 4 is 45.0 Å². The molecule has 5 nitrogen and oxygen atoms in total. The molecule has 29 heavy (non-hydrogen) atoms. The maximum absolute atomic E-state index is 13.3. The number of ketones is 2. The fourth-order valence-electron chi connectivity index (χ4n) is 3.83. The number of carbonyl (C=O) groups is 3. The number of amides is 1. The van der Waals surface area contributed by atoms with E-state index in [1.807, 2.05) is 30.3 Å². The van der Waals surface area contributed by atoms with Gasteiger partial charge in [0.2, 0.25) is 11.7 Å². The summed E-state index contributed by atoms with van der Waals surface area (Å²) in [7, 11) is 0. The summed E-state index contributed by atoms with van der Waals surface area (Å²) >= 11 is 0. The zero-order valence-corrected chi connectivity index (χ0v) is 15.5. The van der Waals surface area contributed by atoms with Gasteiger partial charge in [0.1, 0.15) is 16.9 Å². The van der Waals surface area contributed by atoms with E-state index >= 15 is 0 Å². The second-order valence-electron chi connectivity index (χ2n) is 6.94. The number of fused-ring (bicyclic) bond motifs is 4. The SMILES string of the molecule is CC(=O)NC1=C(c2ccc3oc4ccccc4c3c2)C(=O)c2ccccc2C1=O. The highest BCUT2D eigenvalue weighted by Crippen LogP contribution is 2.35. The first kappa shape index (κ1) is 17.1. The van der Waals surface area contributed by atoms with E-state index in [0.717, 1.165) is 16.4 Å². The summed E-state index contributed by atoms with van der Waals surface area (Å²) in [5.74, 6) is -1.08. The first-order valence-electron chi connectivity index (χ1n) is 9.16. The summed E-state index contributed by atoms with van der Waals surface area (Å²) in [6.07, 6.45) is 0. The molecule has 0 saturated heterocycles. The maximum atomic E-state index is 13.3. The molecule has 5 heteroatoms. The standard InChI is InChI=1S/C24H15NO4/c1-13(26)25-22-21(23(27)16-7-2-3-8-17(16)24(22)28)14-10-11-20-18(12-14)15-6-4-5-9-19(15)29-20/h2-12H,1H3,(H,25,26). The normalized spacial score (nSPS) is 13.8. The van der Waals surface area contributed by atoms with E-state index < -0.39 is 5.91 Å². The lowest BCUT2D eigenvalue weighted by molar-refractivity contribution is -0.118. The average Bonchev–Trinajstić information content (AvgIpc) is 3.10. The molecule has 1 amide bonds. The van der Waals surface area contributed by atoms with Crippen LogP contribution in [0.5, 0.6) is 0 Å². The Balaban J connectivity index is 1.79. The molecule has 0 spiro atoms. The van der Waals surface area contributed by atoms with E-state index in [1.54, 1.807) is 36.4 Å². The van der Waals surface area contributed by atoms with Crippen molar-refractivity contribution in [1.29, 1.82) is 0 Å². The third-order valence-electron chi connectivity index (χ3n) is 5.09. The molecule has 0 saturated carbocycles. The van der Waals surface area contributed by atoms with E-state index in [9.17, 15) is 14.4 Å². The molecule has 1 aliphatic rings. The number of para-hydroxylation sites is 1. The van der Waals surface area contributed by atoms with Crippen molar-refractivity contribution in [2.75, 3.05) is 0 Å². The number of nitrogens with one attached hydrogen (secondary N) is 1. The van der Waals surface area contributed by atoms with Crippen LogP contribution in [-0.2, 0) is 4.79 Å². The van der Waals surface area contributed by atoms with Crippen molar-refractivity contribution in [3.05, 3.63) is 89.1 Å². The Morgan fingerprint density at radius 1 is 0.793 bits per heavy atom. The van der Waals surface area contributed by atoms with Gasteiger partial charge in [-0.25, -0.2) is 0 Å². The molecule has 1 heterocycles. The highest BCUT2D eigenvalue weighted by Gasteiger charge is 2.33. The van der Waals surface area contributed by atoms with E-state index in [4.69, 9.17) is 4.42 Å². The van der Waals surface area contributed by atoms with Gasteiger partial charge in [-0.15, -0.1) is 0 Å². The zero-order chi connectivity index (χ0) is 20.1. The molecule has 0 fully saturated rings. The molecule has 1 N–H and O–H groups in total. The van der Waals surface area contributed by atoms with Crippen molar-refractivity contribution in [3.63, 3.8) is 0 Å². The van der Waals surface area contributed by atoms with Gasteiger partial charge in [0, 0.05) is 28.8 Å². The Kier molecular flexibility index (Phi) is 3.71. The van der Waals surface area contributed by atoms with Crippen LogP contribution in [0.25, 0.3) is 27.5 Å². The molecular formula is C24H15NO4. The summed E-state index contributed by atoms with van der Waals surface area (Å²) in [4.78, 5) is 38.1. The minimum Gasteiger partial charge on any atom is -0.456 e. The van der Waals surface area contributed by atoms with E-state index in [1.165, 1.54) is 6.92 Å². The largest absolute Gasteiger partial charge is 0.456 e. The second kappa shape index (κ2) is 6.27. The lowest BCUT2D eigenvalue weighted by Gasteiger charge is -2.21. The van der Waals surface area contributed by atoms with Gasteiger partial charge < -0.3 is 9.73 Å². The van der Waals surface area contributed by atoms with Gasteiger partial charge in [-0.2, -0.15) is 0 Å². The van der Waals surface area contributed by atoms with Crippen molar-refractivity contribution in [2.45, 2.75) is 6.92 Å².